The van der Waals surface area contributed by atoms with Crippen LogP contribution in [0.25, 0.3) is 0 Å². The first-order valence-electron chi connectivity index (χ1n) is 9.31. The quantitative estimate of drug-likeness (QED) is 0.574. The number of aliphatic hydroxyl groups excluding tert-OH is 1. The molecule has 1 aliphatic rings. The molecule has 1 unspecified atom stereocenters. The van der Waals surface area contributed by atoms with Crippen LogP contribution in [0.15, 0.2) is 34.0 Å². The lowest BCUT2D eigenvalue weighted by Crippen LogP contribution is -2.39. The summed E-state index contributed by atoms with van der Waals surface area (Å²) in [5.74, 6) is -0.118. The van der Waals surface area contributed by atoms with Gasteiger partial charge in [0.25, 0.3) is 11.5 Å². The molecule has 162 valence electrons. The number of aryl methyl sites for hydroxylation is 1. The highest BCUT2D eigenvalue weighted by Crippen LogP contribution is 2.28. The van der Waals surface area contributed by atoms with E-state index >= 15 is 0 Å². The molecule has 1 fully saturated rings. The minimum Gasteiger partial charge on any atom is -0.482 e. The number of halogens is 2. The Kier molecular flexibility index (Phi) is 7.19. The van der Waals surface area contributed by atoms with Crippen LogP contribution in [0.3, 0.4) is 0 Å². The fourth-order valence-electron chi connectivity index (χ4n) is 3.06. The predicted octanol–water partition coefficient (Wildman–Crippen LogP) is 1.25. The molecule has 11 heteroatoms. The van der Waals surface area contributed by atoms with Crippen molar-refractivity contribution in [2.75, 3.05) is 13.2 Å². The summed E-state index contributed by atoms with van der Waals surface area (Å²) in [6.45, 7) is 1.53. The van der Waals surface area contributed by atoms with E-state index in [1.165, 1.54) is 16.8 Å². The Morgan fingerprint density at radius 3 is 2.87 bits per heavy atom. The van der Waals surface area contributed by atoms with E-state index in [1.54, 1.807) is 19.1 Å². The molecule has 0 saturated carbocycles. The molecule has 1 aromatic heterocycles. The van der Waals surface area contributed by atoms with E-state index in [9.17, 15) is 19.5 Å². The van der Waals surface area contributed by atoms with Crippen LogP contribution in [0, 0.1) is 0 Å². The third kappa shape index (κ3) is 5.23. The maximum atomic E-state index is 12.1. The SMILES string of the molecule is CCc1cn([C@@H]2CC(O)[C@H](CNC(=O)COc3ccc(Cl)cc3Cl)O2)c(=O)[nH]c1=O. The lowest BCUT2D eigenvalue weighted by Gasteiger charge is -2.17. The van der Waals surface area contributed by atoms with Gasteiger partial charge in [0, 0.05) is 29.7 Å². The van der Waals surface area contributed by atoms with Gasteiger partial charge in [-0.25, -0.2) is 4.79 Å². The molecule has 3 atom stereocenters. The number of nitrogens with one attached hydrogen (secondary N) is 2. The highest BCUT2D eigenvalue weighted by molar-refractivity contribution is 6.35. The molecule has 0 aliphatic carbocycles. The number of aliphatic hydroxyl groups is 1. The van der Waals surface area contributed by atoms with E-state index < -0.39 is 35.6 Å². The van der Waals surface area contributed by atoms with Crippen molar-refractivity contribution in [1.29, 1.82) is 0 Å². The number of carbonyl (C=O) groups is 1. The van der Waals surface area contributed by atoms with E-state index in [1.807, 2.05) is 0 Å². The second-order valence-corrected chi connectivity index (χ2v) is 7.62. The van der Waals surface area contributed by atoms with Crippen molar-refractivity contribution in [2.24, 2.45) is 0 Å². The first-order chi connectivity index (χ1) is 14.3. The molecule has 3 rings (SSSR count). The number of amides is 1. The van der Waals surface area contributed by atoms with Gasteiger partial charge in [0.05, 0.1) is 11.1 Å². The Labute approximate surface area is 181 Å². The first kappa shape index (κ1) is 22.4. The molecule has 1 aromatic carbocycles. The summed E-state index contributed by atoms with van der Waals surface area (Å²) < 4.78 is 12.3. The minimum absolute atomic E-state index is 0.0208. The summed E-state index contributed by atoms with van der Waals surface area (Å²) in [6, 6.07) is 4.65. The fraction of sp³-hybridized carbons (Fsp3) is 0.421. The normalized spacial score (nSPS) is 20.9. The van der Waals surface area contributed by atoms with E-state index in [0.717, 1.165) is 0 Å². The van der Waals surface area contributed by atoms with Gasteiger partial charge < -0.3 is 19.9 Å². The average molecular weight is 458 g/mol. The molecular formula is C19H21Cl2N3O6. The van der Waals surface area contributed by atoms with Gasteiger partial charge >= 0.3 is 5.69 Å². The van der Waals surface area contributed by atoms with Crippen LogP contribution in [0.2, 0.25) is 10.0 Å². The summed E-state index contributed by atoms with van der Waals surface area (Å²) in [6.07, 6.45) is -0.342. The molecule has 3 N–H and O–H groups in total. The predicted molar refractivity (Wildman–Crippen MR) is 110 cm³/mol. The summed E-state index contributed by atoms with van der Waals surface area (Å²) in [4.78, 5) is 38.1. The highest BCUT2D eigenvalue weighted by Gasteiger charge is 2.35. The number of ether oxygens (including phenoxy) is 2. The molecular weight excluding hydrogens is 437 g/mol. The number of aromatic amines is 1. The third-order valence-electron chi connectivity index (χ3n) is 4.69. The van der Waals surface area contributed by atoms with E-state index in [0.29, 0.717) is 22.8 Å². The van der Waals surface area contributed by atoms with E-state index in [4.69, 9.17) is 32.7 Å². The maximum absolute atomic E-state index is 12.1. The monoisotopic (exact) mass is 457 g/mol. The van der Waals surface area contributed by atoms with Crippen LogP contribution in [-0.4, -0.2) is 45.9 Å². The molecule has 9 nitrogen and oxygen atoms in total. The fourth-order valence-corrected chi connectivity index (χ4v) is 3.53. The number of hydrogen-bond acceptors (Lipinski definition) is 6. The van der Waals surface area contributed by atoms with Gasteiger partial charge in [-0.15, -0.1) is 0 Å². The standard InChI is InChI=1S/C19H21Cl2N3O6/c1-2-10-8-24(19(28)23-18(10)27)17-6-13(25)15(30-17)7-22-16(26)9-29-14-4-3-11(20)5-12(14)21/h3-5,8,13,15,17,25H,2,6-7,9H2,1H3,(H,22,26)(H,23,27,28)/t13?,15-,17-/m0/s1. The van der Waals surface area contributed by atoms with E-state index in [-0.39, 0.29) is 24.6 Å². The number of H-pyrrole nitrogens is 1. The molecule has 0 spiro atoms. The van der Waals surface area contributed by atoms with Crippen molar-refractivity contribution in [3.8, 4) is 5.75 Å². The molecule has 1 saturated heterocycles. The van der Waals surface area contributed by atoms with Crippen LogP contribution in [0.5, 0.6) is 5.75 Å². The van der Waals surface area contributed by atoms with Crippen molar-refractivity contribution in [2.45, 2.75) is 38.2 Å². The van der Waals surface area contributed by atoms with Gasteiger partial charge in [0.1, 0.15) is 18.1 Å². The zero-order chi connectivity index (χ0) is 21.8. The average Bonchev–Trinajstić information content (AvgIpc) is 3.06. The number of aromatic nitrogens is 2. The Balaban J connectivity index is 1.55. The summed E-state index contributed by atoms with van der Waals surface area (Å²) in [5.41, 5.74) is -0.628. The van der Waals surface area contributed by atoms with Crippen molar-refractivity contribution in [3.05, 3.63) is 60.8 Å². The van der Waals surface area contributed by atoms with Crippen molar-refractivity contribution < 1.29 is 19.4 Å². The lowest BCUT2D eigenvalue weighted by atomic mass is 10.2. The Morgan fingerprint density at radius 1 is 1.40 bits per heavy atom. The zero-order valence-corrected chi connectivity index (χ0v) is 17.6. The zero-order valence-electron chi connectivity index (χ0n) is 16.1. The largest absolute Gasteiger partial charge is 0.482 e. The number of benzene rings is 1. The Morgan fingerprint density at radius 2 is 2.17 bits per heavy atom. The van der Waals surface area contributed by atoms with Crippen molar-refractivity contribution in [3.63, 3.8) is 0 Å². The molecule has 0 radical (unpaired) electrons. The summed E-state index contributed by atoms with van der Waals surface area (Å²) in [5, 5.41) is 13.6. The second kappa shape index (κ2) is 9.65. The highest BCUT2D eigenvalue weighted by atomic mass is 35.5. The minimum atomic E-state index is -0.897. The number of carbonyl (C=O) groups excluding carboxylic acids is 1. The van der Waals surface area contributed by atoms with Crippen LogP contribution in [0.4, 0.5) is 0 Å². The molecule has 2 aromatic rings. The maximum Gasteiger partial charge on any atom is 0.330 e. The van der Waals surface area contributed by atoms with Gasteiger partial charge in [-0.2, -0.15) is 0 Å². The lowest BCUT2D eigenvalue weighted by molar-refractivity contribution is -0.124. The molecule has 2 heterocycles. The summed E-state index contributed by atoms with van der Waals surface area (Å²) in [7, 11) is 0. The Bertz CT molecular complexity index is 1040. The second-order valence-electron chi connectivity index (χ2n) is 6.77. The topological polar surface area (TPSA) is 123 Å². The third-order valence-corrected chi connectivity index (χ3v) is 5.22. The van der Waals surface area contributed by atoms with Gasteiger partial charge in [-0.1, -0.05) is 30.1 Å². The van der Waals surface area contributed by atoms with Crippen LogP contribution >= 0.6 is 23.2 Å². The molecule has 0 bridgehead atoms. The molecule has 1 aliphatic heterocycles. The van der Waals surface area contributed by atoms with Gasteiger partial charge in [-0.05, 0) is 24.6 Å². The van der Waals surface area contributed by atoms with Crippen LogP contribution in [0.1, 0.15) is 25.1 Å². The van der Waals surface area contributed by atoms with Crippen molar-refractivity contribution in [1.82, 2.24) is 14.9 Å². The van der Waals surface area contributed by atoms with E-state index in [2.05, 4.69) is 10.3 Å². The van der Waals surface area contributed by atoms with Crippen molar-refractivity contribution >= 4 is 29.1 Å². The molecule has 1 amide bonds. The molecule has 30 heavy (non-hydrogen) atoms. The van der Waals surface area contributed by atoms with Gasteiger partial charge in [0.2, 0.25) is 0 Å². The number of rotatable bonds is 7. The van der Waals surface area contributed by atoms with Gasteiger partial charge in [0.15, 0.2) is 6.61 Å². The smallest absolute Gasteiger partial charge is 0.330 e. The van der Waals surface area contributed by atoms with Crippen LogP contribution in [-0.2, 0) is 16.0 Å². The van der Waals surface area contributed by atoms with Gasteiger partial charge in [-0.3, -0.25) is 19.1 Å². The number of hydrogen-bond donors (Lipinski definition) is 3. The van der Waals surface area contributed by atoms with Crippen LogP contribution < -0.4 is 21.3 Å². The summed E-state index contributed by atoms with van der Waals surface area (Å²) >= 11 is 11.8. The number of nitrogens with zero attached hydrogens (tertiary/aromatic N) is 1. The Hall–Kier alpha value is -2.33. The first-order valence-corrected chi connectivity index (χ1v) is 10.1.